The van der Waals surface area contributed by atoms with Crippen molar-refractivity contribution in [3.63, 3.8) is 0 Å². The van der Waals surface area contributed by atoms with Crippen LogP contribution in [0.5, 0.6) is 0 Å². The van der Waals surface area contributed by atoms with Crippen LogP contribution in [0, 0.1) is 0 Å². The van der Waals surface area contributed by atoms with Crippen molar-refractivity contribution in [3.8, 4) is 11.3 Å². The van der Waals surface area contributed by atoms with Crippen molar-refractivity contribution in [2.45, 2.75) is 52.4 Å². The Morgan fingerprint density at radius 2 is 1.25 bits per heavy atom. The maximum atomic E-state index is 4.53. The molecule has 2 aromatic heterocycles. The first kappa shape index (κ1) is 14.6. The van der Waals surface area contributed by atoms with Crippen LogP contribution in [0.4, 0.5) is 0 Å². The molecular weight excluding hydrogens is 246 g/mol. The van der Waals surface area contributed by atoms with Crippen LogP contribution in [0.1, 0.15) is 52.9 Å². The van der Waals surface area contributed by atoms with Gasteiger partial charge in [0.05, 0.1) is 17.6 Å². The molecule has 20 heavy (non-hydrogen) atoms. The van der Waals surface area contributed by atoms with Gasteiger partial charge in [-0.25, -0.2) is 0 Å². The largest absolute Gasteiger partial charge is 0.260 e. The second kappa shape index (κ2) is 4.97. The Hall–Kier alpha value is -1.77. The minimum Gasteiger partial charge on any atom is -0.260 e. The molecule has 0 fully saturated rings. The lowest BCUT2D eigenvalue weighted by Gasteiger charge is -2.18. The molecule has 0 spiro atoms. The van der Waals surface area contributed by atoms with Gasteiger partial charge in [-0.3, -0.25) is 15.0 Å². The molecule has 0 aliphatic rings. The van der Waals surface area contributed by atoms with Crippen LogP contribution in [0.15, 0.2) is 30.7 Å². The average molecular weight is 269 g/mol. The molecule has 0 saturated heterocycles. The molecule has 2 aromatic rings. The Kier molecular flexibility index (Phi) is 3.63. The van der Waals surface area contributed by atoms with Gasteiger partial charge in [0.2, 0.25) is 0 Å². The van der Waals surface area contributed by atoms with Crippen LogP contribution < -0.4 is 0 Å². The molecule has 0 aromatic carbocycles. The Morgan fingerprint density at radius 1 is 0.650 bits per heavy atom. The molecule has 3 heteroatoms. The highest BCUT2D eigenvalue weighted by molar-refractivity contribution is 5.56. The molecule has 3 nitrogen and oxygen atoms in total. The number of rotatable bonds is 1. The first-order chi connectivity index (χ1) is 9.18. The van der Waals surface area contributed by atoms with E-state index >= 15 is 0 Å². The molecule has 0 aliphatic heterocycles. The lowest BCUT2D eigenvalue weighted by Crippen LogP contribution is -2.14. The van der Waals surface area contributed by atoms with E-state index in [-0.39, 0.29) is 10.8 Å². The second-order valence-electron chi connectivity index (χ2n) is 7.22. The van der Waals surface area contributed by atoms with Gasteiger partial charge in [-0.05, 0) is 12.1 Å². The molecule has 0 bridgehead atoms. The summed E-state index contributed by atoms with van der Waals surface area (Å²) in [6, 6.07) is 4.13. The molecule has 0 radical (unpaired) electrons. The van der Waals surface area contributed by atoms with Crippen LogP contribution in [-0.2, 0) is 10.8 Å². The summed E-state index contributed by atoms with van der Waals surface area (Å²) in [5.74, 6) is 0. The van der Waals surface area contributed by atoms with E-state index in [4.69, 9.17) is 0 Å². The molecule has 0 aliphatic carbocycles. The van der Waals surface area contributed by atoms with E-state index in [0.717, 1.165) is 22.6 Å². The van der Waals surface area contributed by atoms with E-state index in [9.17, 15) is 0 Å². The summed E-state index contributed by atoms with van der Waals surface area (Å²) in [5, 5.41) is 0. The van der Waals surface area contributed by atoms with Crippen molar-refractivity contribution < 1.29 is 0 Å². The smallest absolute Gasteiger partial charge is 0.0900 e. The van der Waals surface area contributed by atoms with E-state index in [1.165, 1.54) is 0 Å². The van der Waals surface area contributed by atoms with Gasteiger partial charge in [0.1, 0.15) is 0 Å². The van der Waals surface area contributed by atoms with Crippen molar-refractivity contribution in [1.29, 1.82) is 0 Å². The van der Waals surface area contributed by atoms with Gasteiger partial charge in [0.25, 0.3) is 0 Å². The highest BCUT2D eigenvalue weighted by atomic mass is 14.8. The van der Waals surface area contributed by atoms with Gasteiger partial charge < -0.3 is 0 Å². The Bertz CT molecular complexity index is 514. The second-order valence-corrected chi connectivity index (χ2v) is 7.22. The van der Waals surface area contributed by atoms with Gasteiger partial charge in [0, 0.05) is 34.5 Å². The van der Waals surface area contributed by atoms with Crippen molar-refractivity contribution in [3.05, 3.63) is 42.1 Å². The summed E-state index contributed by atoms with van der Waals surface area (Å²) in [4.78, 5) is 13.5. The highest BCUT2D eigenvalue weighted by Crippen LogP contribution is 2.24. The summed E-state index contributed by atoms with van der Waals surface area (Å²) in [6.45, 7) is 12.9. The highest BCUT2D eigenvalue weighted by Gasteiger charge is 2.17. The Balaban J connectivity index is 2.29. The van der Waals surface area contributed by atoms with E-state index in [2.05, 4.69) is 68.6 Å². The van der Waals surface area contributed by atoms with Gasteiger partial charge in [-0.15, -0.1) is 0 Å². The fourth-order valence-corrected chi connectivity index (χ4v) is 1.85. The predicted molar refractivity (Wildman–Crippen MR) is 82.7 cm³/mol. The van der Waals surface area contributed by atoms with Gasteiger partial charge in [-0.2, -0.15) is 0 Å². The maximum absolute atomic E-state index is 4.53. The monoisotopic (exact) mass is 269 g/mol. The van der Waals surface area contributed by atoms with Gasteiger partial charge in [-0.1, -0.05) is 41.5 Å². The van der Waals surface area contributed by atoms with Crippen LogP contribution in [0.25, 0.3) is 11.3 Å². The first-order valence-electron chi connectivity index (χ1n) is 6.97. The third-order valence-corrected chi connectivity index (χ3v) is 3.25. The van der Waals surface area contributed by atoms with E-state index in [0.29, 0.717) is 0 Å². The average Bonchev–Trinajstić information content (AvgIpc) is 2.37. The van der Waals surface area contributed by atoms with E-state index < -0.39 is 0 Å². The minimum atomic E-state index is 0.0277. The van der Waals surface area contributed by atoms with Crippen LogP contribution in [0.3, 0.4) is 0 Å². The minimum absolute atomic E-state index is 0.0277. The first-order valence-corrected chi connectivity index (χ1v) is 6.97. The van der Waals surface area contributed by atoms with Gasteiger partial charge >= 0.3 is 0 Å². The number of hydrogen-bond acceptors (Lipinski definition) is 3. The Morgan fingerprint density at radius 3 is 1.65 bits per heavy atom. The van der Waals surface area contributed by atoms with Crippen LogP contribution in [0.2, 0.25) is 0 Å². The fourth-order valence-electron chi connectivity index (χ4n) is 1.85. The predicted octanol–water partition coefficient (Wildman–Crippen LogP) is 4.13. The third-order valence-electron chi connectivity index (χ3n) is 3.25. The number of aromatic nitrogens is 3. The summed E-state index contributed by atoms with van der Waals surface area (Å²) in [7, 11) is 0. The molecule has 2 rings (SSSR count). The summed E-state index contributed by atoms with van der Waals surface area (Å²) in [5.41, 5.74) is 4.05. The maximum Gasteiger partial charge on any atom is 0.0900 e. The van der Waals surface area contributed by atoms with E-state index in [1.54, 1.807) is 0 Å². The molecule has 0 saturated carbocycles. The SMILES string of the molecule is CC(C)(C)c1ccc(-c2cnc(C(C)(C)C)cn2)cn1. The van der Waals surface area contributed by atoms with Crippen molar-refractivity contribution >= 4 is 0 Å². The zero-order valence-corrected chi connectivity index (χ0v) is 13.2. The molecule has 0 N–H and O–H groups in total. The molecule has 0 atom stereocenters. The van der Waals surface area contributed by atoms with Gasteiger partial charge in [0.15, 0.2) is 0 Å². The zero-order chi connectivity index (χ0) is 15.0. The number of nitrogens with zero attached hydrogens (tertiary/aromatic N) is 3. The molecule has 106 valence electrons. The van der Waals surface area contributed by atoms with Crippen molar-refractivity contribution in [2.24, 2.45) is 0 Å². The van der Waals surface area contributed by atoms with Crippen LogP contribution >= 0.6 is 0 Å². The lowest BCUT2D eigenvalue weighted by atomic mass is 9.91. The van der Waals surface area contributed by atoms with Crippen molar-refractivity contribution in [2.75, 3.05) is 0 Å². The van der Waals surface area contributed by atoms with Crippen LogP contribution in [-0.4, -0.2) is 15.0 Å². The summed E-state index contributed by atoms with van der Waals surface area (Å²) >= 11 is 0. The lowest BCUT2D eigenvalue weighted by molar-refractivity contribution is 0.565. The molecule has 2 heterocycles. The summed E-state index contributed by atoms with van der Waals surface area (Å²) in [6.07, 6.45) is 5.56. The van der Waals surface area contributed by atoms with Crippen molar-refractivity contribution in [1.82, 2.24) is 15.0 Å². The third kappa shape index (κ3) is 3.21. The molecular formula is C17H23N3. The molecule has 0 amide bonds. The molecule has 0 unspecified atom stereocenters. The standard InChI is InChI=1S/C17H23N3/c1-16(2,3)14-8-7-12(9-19-14)13-10-20-15(11-18-13)17(4,5)6/h7-11H,1-6H3. The topological polar surface area (TPSA) is 38.7 Å². The summed E-state index contributed by atoms with van der Waals surface area (Å²) < 4.78 is 0. The zero-order valence-electron chi connectivity index (χ0n) is 13.2. The Labute approximate surface area is 121 Å². The number of hydrogen-bond donors (Lipinski definition) is 0. The normalized spacial score (nSPS) is 12.5. The fraction of sp³-hybridized carbons (Fsp3) is 0.471. The van der Waals surface area contributed by atoms with E-state index in [1.807, 2.05) is 18.6 Å². The number of pyridine rings is 1. The quantitative estimate of drug-likeness (QED) is 0.781.